The average molecular weight is 288 g/mol. The molecule has 0 spiro atoms. The molecule has 0 radical (unpaired) electrons. The summed E-state index contributed by atoms with van der Waals surface area (Å²) in [6.45, 7) is 8.27. The molecule has 0 aromatic heterocycles. The van der Waals surface area contributed by atoms with Crippen LogP contribution in [0.3, 0.4) is 0 Å². The van der Waals surface area contributed by atoms with Crippen LogP contribution >= 0.6 is 11.8 Å². The molecule has 20 heavy (non-hydrogen) atoms. The highest BCUT2D eigenvalue weighted by molar-refractivity contribution is 8.03. The Morgan fingerprint density at radius 1 is 1.40 bits per heavy atom. The van der Waals surface area contributed by atoms with E-state index in [0.29, 0.717) is 5.56 Å². The third kappa shape index (κ3) is 2.78. The van der Waals surface area contributed by atoms with E-state index in [1.807, 2.05) is 32.2 Å². The summed E-state index contributed by atoms with van der Waals surface area (Å²) >= 11 is 1.75. The van der Waals surface area contributed by atoms with Gasteiger partial charge >= 0.3 is 0 Å². The molecule has 0 saturated carbocycles. The number of nitriles is 1. The molecule has 1 N–H and O–H groups in total. The van der Waals surface area contributed by atoms with Crippen molar-refractivity contribution in [3.63, 3.8) is 0 Å². The summed E-state index contributed by atoms with van der Waals surface area (Å²) in [5.41, 5.74) is 2.71. The van der Waals surface area contributed by atoms with E-state index in [0.717, 1.165) is 23.3 Å². The lowest BCUT2D eigenvalue weighted by Crippen LogP contribution is -2.47. The Kier molecular flexibility index (Phi) is 4.29. The van der Waals surface area contributed by atoms with Crippen molar-refractivity contribution in [2.45, 2.75) is 45.1 Å². The maximum absolute atomic E-state index is 9.01. The van der Waals surface area contributed by atoms with Crippen molar-refractivity contribution in [3.05, 3.63) is 40.4 Å². The molecule has 0 saturated heterocycles. The molecule has 0 amide bonds. The Hall–Kier alpha value is -1.60. The monoisotopic (exact) mass is 288 g/mol. The SMILES string of the molecule is CCC(Oc1c(C)cc(C#N)cc1C)C1(C)NC=CS1. The van der Waals surface area contributed by atoms with Crippen molar-refractivity contribution in [2.24, 2.45) is 0 Å². The van der Waals surface area contributed by atoms with Crippen molar-refractivity contribution >= 4 is 11.8 Å². The predicted octanol–water partition coefficient (Wildman–Crippen LogP) is 3.86. The molecule has 106 valence electrons. The molecular formula is C16H20N2OS. The molecule has 2 rings (SSSR count). The number of hydrogen-bond donors (Lipinski definition) is 1. The number of aryl methyl sites for hydroxylation is 2. The number of nitrogens with one attached hydrogen (secondary N) is 1. The second-order valence-electron chi connectivity index (χ2n) is 5.24. The first-order chi connectivity index (χ1) is 9.50. The molecular weight excluding hydrogens is 268 g/mol. The first-order valence-corrected chi connectivity index (χ1v) is 7.66. The van der Waals surface area contributed by atoms with Crippen LogP contribution in [0.2, 0.25) is 0 Å². The number of thioether (sulfide) groups is 1. The van der Waals surface area contributed by atoms with E-state index in [1.54, 1.807) is 11.8 Å². The van der Waals surface area contributed by atoms with Gasteiger partial charge < -0.3 is 10.1 Å². The van der Waals surface area contributed by atoms with E-state index < -0.39 is 0 Å². The Morgan fingerprint density at radius 3 is 2.50 bits per heavy atom. The maximum atomic E-state index is 9.01. The van der Waals surface area contributed by atoms with E-state index in [2.05, 4.69) is 30.6 Å². The Balaban J connectivity index is 2.27. The van der Waals surface area contributed by atoms with Crippen LogP contribution in [-0.4, -0.2) is 11.0 Å². The lowest BCUT2D eigenvalue weighted by atomic mass is 10.1. The molecule has 3 nitrogen and oxygen atoms in total. The van der Waals surface area contributed by atoms with Gasteiger partial charge in [0.15, 0.2) is 0 Å². The van der Waals surface area contributed by atoms with Gasteiger partial charge in [0.05, 0.1) is 11.6 Å². The lowest BCUT2D eigenvalue weighted by Gasteiger charge is -2.34. The first-order valence-electron chi connectivity index (χ1n) is 6.78. The van der Waals surface area contributed by atoms with Crippen LogP contribution in [0.1, 0.15) is 37.0 Å². The Labute approximate surface area is 125 Å². The van der Waals surface area contributed by atoms with Crippen LogP contribution in [0.4, 0.5) is 0 Å². The number of nitrogens with zero attached hydrogens (tertiary/aromatic N) is 1. The summed E-state index contributed by atoms with van der Waals surface area (Å²) in [6.07, 6.45) is 2.94. The van der Waals surface area contributed by atoms with Crippen LogP contribution in [-0.2, 0) is 0 Å². The van der Waals surface area contributed by atoms with Crippen molar-refractivity contribution < 1.29 is 4.74 Å². The minimum Gasteiger partial charge on any atom is -0.487 e. The minimum atomic E-state index is -0.137. The van der Waals surface area contributed by atoms with Gasteiger partial charge in [-0.3, -0.25) is 0 Å². The molecule has 0 fully saturated rings. The molecule has 1 aromatic rings. The summed E-state index contributed by atoms with van der Waals surface area (Å²) in [5.74, 6) is 0.895. The quantitative estimate of drug-likeness (QED) is 0.914. The molecule has 2 unspecified atom stereocenters. The van der Waals surface area contributed by atoms with Gasteiger partial charge in [0, 0.05) is 6.20 Å². The fourth-order valence-electron chi connectivity index (χ4n) is 2.51. The molecule has 1 aliphatic heterocycles. The van der Waals surface area contributed by atoms with E-state index in [-0.39, 0.29) is 11.0 Å². The summed E-state index contributed by atoms with van der Waals surface area (Å²) in [7, 11) is 0. The van der Waals surface area contributed by atoms with Crippen LogP contribution in [0.25, 0.3) is 0 Å². The summed E-state index contributed by atoms with van der Waals surface area (Å²) in [6, 6.07) is 5.94. The average Bonchev–Trinajstić information content (AvgIpc) is 2.85. The van der Waals surface area contributed by atoms with Gasteiger partial charge in [-0.05, 0) is 55.9 Å². The van der Waals surface area contributed by atoms with Crippen molar-refractivity contribution in [1.29, 1.82) is 5.26 Å². The largest absolute Gasteiger partial charge is 0.487 e. The standard InChI is InChI=1S/C16H20N2OS/c1-5-14(16(4)18-6-7-20-16)19-15-11(2)8-13(10-17)9-12(15)3/h6-9,14,18H,5H2,1-4H3. The molecule has 1 heterocycles. The van der Waals surface area contributed by atoms with Gasteiger partial charge in [0.1, 0.15) is 16.7 Å². The Morgan fingerprint density at radius 2 is 2.05 bits per heavy atom. The topological polar surface area (TPSA) is 45.0 Å². The zero-order valence-electron chi connectivity index (χ0n) is 12.4. The molecule has 0 aliphatic carbocycles. The highest BCUT2D eigenvalue weighted by Crippen LogP contribution is 2.36. The van der Waals surface area contributed by atoms with E-state index in [9.17, 15) is 0 Å². The fourth-order valence-corrected chi connectivity index (χ4v) is 3.43. The van der Waals surface area contributed by atoms with E-state index in [4.69, 9.17) is 10.00 Å². The Bertz CT molecular complexity index is 543. The van der Waals surface area contributed by atoms with Gasteiger partial charge in [0.2, 0.25) is 0 Å². The summed E-state index contributed by atoms with van der Waals surface area (Å²) < 4.78 is 6.28. The third-order valence-electron chi connectivity index (χ3n) is 3.59. The molecule has 1 aliphatic rings. The second kappa shape index (κ2) is 5.80. The normalized spacial score (nSPS) is 22.1. The van der Waals surface area contributed by atoms with Gasteiger partial charge in [-0.1, -0.05) is 6.92 Å². The smallest absolute Gasteiger partial charge is 0.131 e. The predicted molar refractivity (Wildman–Crippen MR) is 83.6 cm³/mol. The summed E-state index contributed by atoms with van der Waals surface area (Å²) in [4.78, 5) is -0.137. The van der Waals surface area contributed by atoms with Crippen molar-refractivity contribution in [2.75, 3.05) is 0 Å². The van der Waals surface area contributed by atoms with Crippen LogP contribution in [0, 0.1) is 25.2 Å². The first kappa shape index (κ1) is 14.8. The molecule has 4 heteroatoms. The highest BCUT2D eigenvalue weighted by atomic mass is 32.2. The van der Waals surface area contributed by atoms with E-state index >= 15 is 0 Å². The van der Waals surface area contributed by atoms with Crippen molar-refractivity contribution in [3.8, 4) is 11.8 Å². The van der Waals surface area contributed by atoms with Gasteiger partial charge in [-0.25, -0.2) is 0 Å². The van der Waals surface area contributed by atoms with Crippen LogP contribution in [0.5, 0.6) is 5.75 Å². The van der Waals surface area contributed by atoms with Crippen molar-refractivity contribution in [1.82, 2.24) is 5.32 Å². The minimum absolute atomic E-state index is 0.0628. The highest BCUT2D eigenvalue weighted by Gasteiger charge is 2.36. The zero-order valence-corrected chi connectivity index (χ0v) is 13.2. The third-order valence-corrected chi connectivity index (χ3v) is 4.73. The van der Waals surface area contributed by atoms with Gasteiger partial charge in [-0.2, -0.15) is 5.26 Å². The van der Waals surface area contributed by atoms with Crippen LogP contribution in [0.15, 0.2) is 23.7 Å². The number of rotatable bonds is 4. The molecule has 1 aromatic carbocycles. The van der Waals surface area contributed by atoms with E-state index in [1.165, 1.54) is 0 Å². The fraction of sp³-hybridized carbons (Fsp3) is 0.438. The summed E-state index contributed by atoms with van der Waals surface area (Å²) in [5, 5.41) is 14.4. The maximum Gasteiger partial charge on any atom is 0.131 e. The van der Waals surface area contributed by atoms with Gasteiger partial charge in [-0.15, -0.1) is 11.8 Å². The number of ether oxygens (including phenoxy) is 1. The van der Waals surface area contributed by atoms with Gasteiger partial charge in [0.25, 0.3) is 0 Å². The molecule has 0 bridgehead atoms. The lowest BCUT2D eigenvalue weighted by molar-refractivity contribution is 0.146. The second-order valence-corrected chi connectivity index (χ2v) is 6.59. The van der Waals surface area contributed by atoms with Crippen LogP contribution < -0.4 is 10.1 Å². The zero-order chi connectivity index (χ0) is 14.8. The molecule has 2 atom stereocenters. The number of benzene rings is 1. The number of hydrogen-bond acceptors (Lipinski definition) is 4.